The molecule has 0 aliphatic carbocycles. The fourth-order valence-electron chi connectivity index (χ4n) is 4.67. The molecular weight excluding hydrogens is 438 g/mol. The van der Waals surface area contributed by atoms with Crippen molar-refractivity contribution in [2.24, 2.45) is 0 Å². The molecule has 7 nitrogen and oxygen atoms in total. The van der Waals surface area contributed by atoms with Crippen molar-refractivity contribution in [2.75, 3.05) is 48.3 Å². The molecule has 0 aromatic heterocycles. The highest BCUT2D eigenvalue weighted by molar-refractivity contribution is 7.91. The van der Waals surface area contributed by atoms with E-state index in [0.29, 0.717) is 26.1 Å². The zero-order valence-corrected chi connectivity index (χ0v) is 20.3. The average Bonchev–Trinajstić information content (AvgIpc) is 3.23. The van der Waals surface area contributed by atoms with Crippen LogP contribution in [0.15, 0.2) is 41.3 Å². The van der Waals surface area contributed by atoms with E-state index in [1.807, 2.05) is 0 Å². The van der Waals surface area contributed by atoms with Crippen molar-refractivity contribution in [3.05, 3.63) is 53.1 Å². The number of benzene rings is 2. The third-order valence-electron chi connectivity index (χ3n) is 6.82. The summed E-state index contributed by atoms with van der Waals surface area (Å²) >= 11 is 0. The molecule has 2 aromatic carbocycles. The normalized spacial score (nSPS) is 16.2. The number of carbonyl (C=O) groups is 2. The van der Waals surface area contributed by atoms with Crippen molar-refractivity contribution in [2.45, 2.75) is 38.5 Å². The predicted octanol–water partition coefficient (Wildman–Crippen LogP) is 2.73. The van der Waals surface area contributed by atoms with Gasteiger partial charge in [0.15, 0.2) is 9.84 Å². The van der Waals surface area contributed by atoms with Gasteiger partial charge in [0.05, 0.1) is 10.6 Å². The Morgan fingerprint density at radius 2 is 1.67 bits per heavy atom. The highest BCUT2D eigenvalue weighted by Gasteiger charge is 2.27. The molecule has 0 radical (unpaired) electrons. The smallest absolute Gasteiger partial charge is 0.223 e. The van der Waals surface area contributed by atoms with Crippen LogP contribution in [0.2, 0.25) is 0 Å². The second-order valence-electron chi connectivity index (χ2n) is 8.87. The predicted molar refractivity (Wildman–Crippen MR) is 130 cm³/mol. The van der Waals surface area contributed by atoms with Crippen molar-refractivity contribution < 1.29 is 18.0 Å². The first kappa shape index (κ1) is 23.3. The van der Waals surface area contributed by atoms with Crippen LogP contribution in [0.1, 0.15) is 30.0 Å². The van der Waals surface area contributed by atoms with Crippen LogP contribution < -0.4 is 9.80 Å². The SMILES string of the molecule is CC(=O)N1CCc2cc(S(=O)(=O)CCC(=O)N3CCN(c4cccc(C)c4C)CC3)ccc21. The summed E-state index contributed by atoms with van der Waals surface area (Å²) in [6.07, 6.45) is 0.615. The highest BCUT2D eigenvalue weighted by atomic mass is 32.2. The number of hydrogen-bond donors (Lipinski definition) is 0. The summed E-state index contributed by atoms with van der Waals surface area (Å²) in [5.74, 6) is -0.381. The maximum Gasteiger partial charge on any atom is 0.223 e. The van der Waals surface area contributed by atoms with Gasteiger partial charge in [0.1, 0.15) is 0 Å². The zero-order chi connectivity index (χ0) is 23.8. The molecule has 2 aliphatic rings. The van der Waals surface area contributed by atoms with E-state index in [4.69, 9.17) is 0 Å². The first-order valence-corrected chi connectivity index (χ1v) is 13.1. The van der Waals surface area contributed by atoms with Gasteiger partial charge >= 0.3 is 0 Å². The summed E-state index contributed by atoms with van der Waals surface area (Å²) in [6.45, 7) is 8.94. The Balaban J connectivity index is 1.34. The maximum absolute atomic E-state index is 12.9. The Bertz CT molecular complexity index is 1180. The monoisotopic (exact) mass is 469 g/mol. The molecule has 0 spiro atoms. The van der Waals surface area contributed by atoms with Crippen LogP contribution in [0.25, 0.3) is 0 Å². The summed E-state index contributed by atoms with van der Waals surface area (Å²) in [7, 11) is -3.58. The number of carbonyl (C=O) groups excluding carboxylic acids is 2. The first-order chi connectivity index (χ1) is 15.7. The Morgan fingerprint density at radius 3 is 2.36 bits per heavy atom. The maximum atomic E-state index is 12.9. The molecule has 1 saturated heterocycles. The second kappa shape index (κ2) is 9.17. The van der Waals surface area contributed by atoms with E-state index in [9.17, 15) is 18.0 Å². The van der Waals surface area contributed by atoms with Crippen molar-refractivity contribution in [3.8, 4) is 0 Å². The fourth-order valence-corrected chi connectivity index (χ4v) is 5.95. The largest absolute Gasteiger partial charge is 0.368 e. The summed E-state index contributed by atoms with van der Waals surface area (Å²) in [5.41, 5.74) is 5.34. The number of aryl methyl sites for hydroxylation is 1. The Labute approximate surface area is 195 Å². The highest BCUT2D eigenvalue weighted by Crippen LogP contribution is 2.31. The van der Waals surface area contributed by atoms with E-state index < -0.39 is 9.84 Å². The lowest BCUT2D eigenvalue weighted by Crippen LogP contribution is -2.49. The lowest BCUT2D eigenvalue weighted by atomic mass is 10.1. The third kappa shape index (κ3) is 4.76. The van der Waals surface area contributed by atoms with Crippen LogP contribution in [-0.2, 0) is 25.8 Å². The molecule has 8 heteroatoms. The standard InChI is InChI=1S/C25H31N3O4S/c1-18-5-4-6-23(19(18)2)26-12-14-27(15-13-26)25(30)10-16-33(31,32)22-7-8-24-21(17-22)9-11-28(24)20(3)29/h4-8,17H,9-16H2,1-3H3. The van der Waals surface area contributed by atoms with Gasteiger partial charge in [-0.25, -0.2) is 8.42 Å². The number of rotatable bonds is 5. The lowest BCUT2D eigenvalue weighted by Gasteiger charge is -2.37. The molecule has 2 amide bonds. The van der Waals surface area contributed by atoms with Crippen LogP contribution in [0.3, 0.4) is 0 Å². The number of amides is 2. The number of hydrogen-bond acceptors (Lipinski definition) is 5. The Kier molecular flexibility index (Phi) is 6.47. The van der Waals surface area contributed by atoms with Crippen molar-refractivity contribution in [1.29, 1.82) is 0 Å². The summed E-state index contributed by atoms with van der Waals surface area (Å²) in [5, 5.41) is 0. The van der Waals surface area contributed by atoms with Gasteiger partial charge in [-0.1, -0.05) is 12.1 Å². The average molecular weight is 470 g/mol. The van der Waals surface area contributed by atoms with Crippen molar-refractivity contribution in [1.82, 2.24) is 4.90 Å². The van der Waals surface area contributed by atoms with Gasteiger partial charge in [-0.05, 0) is 61.2 Å². The quantitative estimate of drug-likeness (QED) is 0.673. The Hall–Kier alpha value is -2.87. The topological polar surface area (TPSA) is 78.0 Å². The number of sulfone groups is 1. The molecule has 2 aliphatic heterocycles. The lowest BCUT2D eigenvalue weighted by molar-refractivity contribution is -0.131. The molecule has 2 heterocycles. The minimum atomic E-state index is -3.58. The summed E-state index contributed by atoms with van der Waals surface area (Å²) in [4.78, 5) is 30.4. The van der Waals surface area contributed by atoms with Crippen LogP contribution >= 0.6 is 0 Å². The van der Waals surface area contributed by atoms with Gasteiger partial charge in [-0.3, -0.25) is 9.59 Å². The number of anilines is 2. The van der Waals surface area contributed by atoms with E-state index in [0.717, 1.165) is 24.3 Å². The number of fused-ring (bicyclic) bond motifs is 1. The molecule has 0 N–H and O–H groups in total. The van der Waals surface area contributed by atoms with Crippen molar-refractivity contribution in [3.63, 3.8) is 0 Å². The minimum absolute atomic E-state index is 0.0253. The van der Waals surface area contributed by atoms with Gasteiger partial charge in [-0.2, -0.15) is 0 Å². The fraction of sp³-hybridized carbons (Fsp3) is 0.440. The van der Waals surface area contributed by atoms with Gasteiger partial charge < -0.3 is 14.7 Å². The molecule has 33 heavy (non-hydrogen) atoms. The van der Waals surface area contributed by atoms with Gasteiger partial charge in [0, 0.05) is 57.4 Å². The number of piperazine rings is 1. The molecule has 0 atom stereocenters. The van der Waals surface area contributed by atoms with E-state index in [1.54, 1.807) is 28.0 Å². The molecule has 2 aromatic rings. The van der Waals surface area contributed by atoms with E-state index in [1.165, 1.54) is 23.7 Å². The summed E-state index contributed by atoms with van der Waals surface area (Å²) in [6, 6.07) is 11.2. The molecule has 4 rings (SSSR count). The Morgan fingerprint density at radius 1 is 0.939 bits per heavy atom. The third-order valence-corrected chi connectivity index (χ3v) is 8.53. The molecule has 0 unspecified atom stereocenters. The van der Waals surface area contributed by atoms with E-state index in [-0.39, 0.29) is 28.9 Å². The van der Waals surface area contributed by atoms with Crippen LogP contribution in [0, 0.1) is 13.8 Å². The number of nitrogens with zero attached hydrogens (tertiary/aromatic N) is 3. The molecule has 176 valence electrons. The molecule has 1 fully saturated rings. The molecule has 0 bridgehead atoms. The zero-order valence-electron chi connectivity index (χ0n) is 19.5. The second-order valence-corrected chi connectivity index (χ2v) is 11.0. The van der Waals surface area contributed by atoms with Crippen molar-refractivity contribution >= 4 is 33.0 Å². The minimum Gasteiger partial charge on any atom is -0.368 e. The van der Waals surface area contributed by atoms with E-state index >= 15 is 0 Å². The molecular formula is C25H31N3O4S. The van der Waals surface area contributed by atoms with Gasteiger partial charge in [-0.15, -0.1) is 0 Å². The van der Waals surface area contributed by atoms with Crippen LogP contribution in [0.5, 0.6) is 0 Å². The van der Waals surface area contributed by atoms with Crippen LogP contribution in [-0.4, -0.2) is 63.6 Å². The van der Waals surface area contributed by atoms with Gasteiger partial charge in [0.25, 0.3) is 0 Å². The first-order valence-electron chi connectivity index (χ1n) is 11.4. The molecule has 0 saturated carbocycles. The van der Waals surface area contributed by atoms with Crippen LogP contribution in [0.4, 0.5) is 11.4 Å². The summed E-state index contributed by atoms with van der Waals surface area (Å²) < 4.78 is 25.8. The van der Waals surface area contributed by atoms with E-state index in [2.05, 4.69) is 36.9 Å². The van der Waals surface area contributed by atoms with Gasteiger partial charge in [0.2, 0.25) is 11.8 Å².